The van der Waals surface area contributed by atoms with E-state index in [1.165, 1.54) is 0 Å². The first-order valence-corrected chi connectivity index (χ1v) is 3.15. The Balaban J connectivity index is 2.61. The van der Waals surface area contributed by atoms with Crippen LogP contribution in [0.15, 0.2) is 12.2 Å². The quantitative estimate of drug-likeness (QED) is 0.488. The van der Waals surface area contributed by atoms with Gasteiger partial charge in [-0.15, -0.1) is 0 Å². The van der Waals surface area contributed by atoms with Crippen LogP contribution in [0.4, 0.5) is 0 Å². The summed E-state index contributed by atoms with van der Waals surface area (Å²) < 4.78 is 5.05. The molecule has 0 spiro atoms. The van der Waals surface area contributed by atoms with Gasteiger partial charge in [0.15, 0.2) is 6.10 Å². The molecule has 0 saturated carbocycles. The van der Waals surface area contributed by atoms with E-state index >= 15 is 0 Å². The highest BCUT2D eigenvalue weighted by atomic mass is 16.5. The third-order valence-electron chi connectivity index (χ3n) is 1.45. The molecule has 0 aromatic carbocycles. The minimum Gasteiger partial charge on any atom is -0.386 e. The number of rotatable bonds is 0. The van der Waals surface area contributed by atoms with Crippen molar-refractivity contribution in [1.29, 1.82) is 5.26 Å². The molecule has 0 bridgehead atoms. The summed E-state index contributed by atoms with van der Waals surface area (Å²) in [5, 5.41) is 17.5. The molecule has 1 aliphatic heterocycles. The molecule has 0 unspecified atom stereocenters. The fourth-order valence-corrected chi connectivity index (χ4v) is 0.802. The summed E-state index contributed by atoms with van der Waals surface area (Å²) >= 11 is 0. The molecule has 0 saturated heterocycles. The van der Waals surface area contributed by atoms with E-state index in [1.807, 2.05) is 6.07 Å². The number of aliphatic hydroxyl groups excluding tert-OH is 1. The summed E-state index contributed by atoms with van der Waals surface area (Å²) in [7, 11) is 0. The van der Waals surface area contributed by atoms with Crippen LogP contribution >= 0.6 is 0 Å². The monoisotopic (exact) mass is 139 g/mol. The van der Waals surface area contributed by atoms with Gasteiger partial charge >= 0.3 is 0 Å². The third-order valence-corrected chi connectivity index (χ3v) is 1.45. The van der Waals surface area contributed by atoms with Crippen LogP contribution in [-0.4, -0.2) is 23.4 Å². The predicted octanol–water partition coefficient (Wildman–Crippen LogP) is 0.214. The van der Waals surface area contributed by atoms with Gasteiger partial charge < -0.3 is 9.84 Å². The van der Waals surface area contributed by atoms with E-state index in [0.717, 1.165) is 0 Å². The fraction of sp³-hybridized carbons (Fsp3) is 0.571. The van der Waals surface area contributed by atoms with Gasteiger partial charge in [0.05, 0.1) is 18.3 Å². The lowest BCUT2D eigenvalue weighted by atomic mass is 10.1. The molecule has 0 aromatic heterocycles. The topological polar surface area (TPSA) is 53.2 Å². The standard InChI is InChI=1S/C7H9NO2/c1-5-7(9)3-2-6(4-8)10-5/h2-3,5-7,9H,1H3/t5-,6+,7-/m0/s1. The van der Waals surface area contributed by atoms with Gasteiger partial charge in [0, 0.05) is 0 Å². The molecule has 1 N–H and O–H groups in total. The van der Waals surface area contributed by atoms with Crippen molar-refractivity contribution in [1.82, 2.24) is 0 Å². The van der Waals surface area contributed by atoms with Crippen molar-refractivity contribution in [2.45, 2.75) is 25.2 Å². The Morgan fingerprint density at radius 2 is 2.30 bits per heavy atom. The lowest BCUT2D eigenvalue weighted by molar-refractivity contribution is -0.0267. The van der Waals surface area contributed by atoms with Crippen LogP contribution in [0.2, 0.25) is 0 Å². The molecule has 10 heavy (non-hydrogen) atoms. The Labute approximate surface area is 59.5 Å². The van der Waals surface area contributed by atoms with Gasteiger partial charge in [0.1, 0.15) is 0 Å². The molecule has 0 aliphatic carbocycles. The van der Waals surface area contributed by atoms with Gasteiger partial charge in [-0.1, -0.05) is 6.08 Å². The summed E-state index contributed by atoms with van der Waals surface area (Å²) in [6, 6.07) is 1.93. The normalized spacial score (nSPS) is 39.1. The molecule has 1 aliphatic rings. The van der Waals surface area contributed by atoms with E-state index < -0.39 is 12.2 Å². The summed E-state index contributed by atoms with van der Waals surface area (Å²) in [5.41, 5.74) is 0. The van der Waals surface area contributed by atoms with Crippen molar-refractivity contribution in [3.63, 3.8) is 0 Å². The number of ether oxygens (including phenoxy) is 1. The molecule has 1 rings (SSSR count). The van der Waals surface area contributed by atoms with Crippen LogP contribution in [0.1, 0.15) is 6.92 Å². The van der Waals surface area contributed by atoms with Crippen LogP contribution in [0.25, 0.3) is 0 Å². The maximum absolute atomic E-state index is 9.07. The van der Waals surface area contributed by atoms with Crippen LogP contribution < -0.4 is 0 Å². The van der Waals surface area contributed by atoms with Crippen molar-refractivity contribution in [3.05, 3.63) is 12.2 Å². The molecule has 54 valence electrons. The second-order valence-electron chi connectivity index (χ2n) is 2.27. The Morgan fingerprint density at radius 3 is 2.80 bits per heavy atom. The van der Waals surface area contributed by atoms with Gasteiger partial charge in [0.2, 0.25) is 0 Å². The highest BCUT2D eigenvalue weighted by molar-refractivity contribution is 5.09. The first kappa shape index (κ1) is 7.26. The predicted molar refractivity (Wildman–Crippen MR) is 35.1 cm³/mol. The van der Waals surface area contributed by atoms with Gasteiger partial charge in [-0.3, -0.25) is 0 Å². The van der Waals surface area contributed by atoms with E-state index in [-0.39, 0.29) is 6.10 Å². The minimum atomic E-state index is -0.565. The van der Waals surface area contributed by atoms with Crippen molar-refractivity contribution in [2.24, 2.45) is 0 Å². The van der Waals surface area contributed by atoms with Gasteiger partial charge in [0.25, 0.3) is 0 Å². The lowest BCUT2D eigenvalue weighted by Gasteiger charge is -2.22. The highest BCUT2D eigenvalue weighted by Gasteiger charge is 2.20. The second kappa shape index (κ2) is 2.82. The first-order valence-electron chi connectivity index (χ1n) is 3.15. The molecule has 0 amide bonds. The van der Waals surface area contributed by atoms with Crippen molar-refractivity contribution < 1.29 is 9.84 Å². The summed E-state index contributed by atoms with van der Waals surface area (Å²) in [6.45, 7) is 1.73. The van der Waals surface area contributed by atoms with Crippen LogP contribution in [0.3, 0.4) is 0 Å². The fourth-order valence-electron chi connectivity index (χ4n) is 0.802. The molecule has 3 nitrogen and oxygen atoms in total. The average molecular weight is 139 g/mol. The zero-order chi connectivity index (χ0) is 7.56. The molecular weight excluding hydrogens is 130 g/mol. The van der Waals surface area contributed by atoms with E-state index in [1.54, 1.807) is 19.1 Å². The summed E-state index contributed by atoms with van der Waals surface area (Å²) in [4.78, 5) is 0. The molecule has 0 aromatic rings. The number of hydrogen-bond acceptors (Lipinski definition) is 3. The number of nitrogens with zero attached hydrogens (tertiary/aromatic N) is 1. The van der Waals surface area contributed by atoms with E-state index in [9.17, 15) is 0 Å². The second-order valence-corrected chi connectivity index (χ2v) is 2.27. The van der Waals surface area contributed by atoms with E-state index in [4.69, 9.17) is 15.1 Å². The van der Waals surface area contributed by atoms with Crippen molar-refractivity contribution in [3.8, 4) is 6.07 Å². The van der Waals surface area contributed by atoms with Crippen LogP contribution in [0, 0.1) is 11.3 Å². The zero-order valence-electron chi connectivity index (χ0n) is 5.69. The molecule has 0 radical (unpaired) electrons. The Bertz CT molecular complexity index is 183. The van der Waals surface area contributed by atoms with Gasteiger partial charge in [-0.25, -0.2) is 0 Å². The van der Waals surface area contributed by atoms with E-state index in [0.29, 0.717) is 0 Å². The molecule has 1 heterocycles. The summed E-state index contributed by atoms with van der Waals surface area (Å²) in [5.74, 6) is 0. The first-order chi connectivity index (χ1) is 4.74. The van der Waals surface area contributed by atoms with Gasteiger partial charge in [-0.2, -0.15) is 5.26 Å². The largest absolute Gasteiger partial charge is 0.386 e. The minimum absolute atomic E-state index is 0.269. The Hall–Kier alpha value is -0.850. The molecule has 0 fully saturated rings. The highest BCUT2D eigenvalue weighted by Crippen LogP contribution is 2.11. The maximum atomic E-state index is 9.07. The number of aliphatic hydroxyl groups is 1. The lowest BCUT2D eigenvalue weighted by Crippen LogP contribution is -2.31. The van der Waals surface area contributed by atoms with Gasteiger partial charge in [-0.05, 0) is 13.0 Å². The molecule has 3 atom stereocenters. The third kappa shape index (κ3) is 1.35. The molecular formula is C7H9NO2. The van der Waals surface area contributed by atoms with E-state index in [2.05, 4.69) is 0 Å². The number of hydrogen-bond donors (Lipinski definition) is 1. The summed E-state index contributed by atoms with van der Waals surface area (Å²) in [6.07, 6.45) is 1.82. The number of nitriles is 1. The molecule has 3 heteroatoms. The SMILES string of the molecule is C[C@@H]1O[C@@H](C#N)C=C[C@@H]1O. The van der Waals surface area contributed by atoms with Crippen molar-refractivity contribution >= 4 is 0 Å². The zero-order valence-corrected chi connectivity index (χ0v) is 5.69. The smallest absolute Gasteiger partial charge is 0.162 e. The maximum Gasteiger partial charge on any atom is 0.162 e. The van der Waals surface area contributed by atoms with Crippen LogP contribution in [-0.2, 0) is 4.74 Å². The Kier molecular flexibility index (Phi) is 2.05. The average Bonchev–Trinajstić information content (AvgIpc) is 1.95. The van der Waals surface area contributed by atoms with Crippen LogP contribution in [0.5, 0.6) is 0 Å². The van der Waals surface area contributed by atoms with Crippen molar-refractivity contribution in [2.75, 3.05) is 0 Å². The Morgan fingerprint density at radius 1 is 1.60 bits per heavy atom.